The van der Waals surface area contributed by atoms with Gasteiger partial charge in [0.1, 0.15) is 5.75 Å². The fraction of sp³-hybridized carbons (Fsp3) is 0.353. The molecule has 4 nitrogen and oxygen atoms in total. The van der Waals surface area contributed by atoms with E-state index >= 15 is 0 Å². The average Bonchev–Trinajstić information content (AvgIpc) is 3.05. The van der Waals surface area contributed by atoms with Gasteiger partial charge in [-0.1, -0.05) is 12.1 Å². The summed E-state index contributed by atoms with van der Waals surface area (Å²) in [6.07, 6.45) is 0.926. The Morgan fingerprint density at radius 3 is 2.70 bits per heavy atom. The third-order valence-corrected chi connectivity index (χ3v) is 4.17. The van der Waals surface area contributed by atoms with E-state index in [1.165, 1.54) is 11.1 Å². The molecular weight excluding hydrogens is 421 g/mol. The SMILES string of the molecule is CN=C(NCCc1ccc(C)c(OC)c1)NCc1ccsc1.I. The van der Waals surface area contributed by atoms with E-state index in [4.69, 9.17) is 4.74 Å². The normalized spacial score (nSPS) is 10.8. The summed E-state index contributed by atoms with van der Waals surface area (Å²) >= 11 is 1.71. The van der Waals surface area contributed by atoms with E-state index in [1.54, 1.807) is 25.5 Å². The van der Waals surface area contributed by atoms with Crippen LogP contribution in [0.5, 0.6) is 5.75 Å². The van der Waals surface area contributed by atoms with Crippen molar-refractivity contribution < 1.29 is 4.74 Å². The Bertz CT molecular complexity index is 614. The Balaban J connectivity index is 0.00000264. The lowest BCUT2D eigenvalue weighted by Crippen LogP contribution is -2.37. The zero-order chi connectivity index (χ0) is 15.8. The van der Waals surface area contributed by atoms with Gasteiger partial charge in [-0.15, -0.1) is 24.0 Å². The van der Waals surface area contributed by atoms with Crippen molar-refractivity contribution in [3.05, 3.63) is 51.7 Å². The summed E-state index contributed by atoms with van der Waals surface area (Å²) in [5, 5.41) is 10.9. The number of hydrogen-bond acceptors (Lipinski definition) is 3. The molecule has 0 atom stereocenters. The second-order valence-electron chi connectivity index (χ2n) is 5.04. The molecule has 0 spiro atoms. The van der Waals surface area contributed by atoms with Gasteiger partial charge in [0.2, 0.25) is 0 Å². The molecular formula is C17H24IN3OS. The molecule has 2 aromatic rings. The first-order valence-electron chi connectivity index (χ1n) is 7.32. The number of halogens is 1. The van der Waals surface area contributed by atoms with Crippen LogP contribution in [0.1, 0.15) is 16.7 Å². The lowest BCUT2D eigenvalue weighted by atomic mass is 10.1. The van der Waals surface area contributed by atoms with Gasteiger partial charge in [0, 0.05) is 20.1 Å². The first kappa shape index (κ1) is 19.8. The van der Waals surface area contributed by atoms with E-state index in [-0.39, 0.29) is 24.0 Å². The number of methoxy groups -OCH3 is 1. The van der Waals surface area contributed by atoms with Crippen molar-refractivity contribution in [1.29, 1.82) is 0 Å². The molecule has 1 aromatic carbocycles. The maximum Gasteiger partial charge on any atom is 0.191 e. The summed E-state index contributed by atoms with van der Waals surface area (Å²) < 4.78 is 5.36. The Morgan fingerprint density at radius 2 is 2.04 bits per heavy atom. The fourth-order valence-corrected chi connectivity index (χ4v) is 2.81. The van der Waals surface area contributed by atoms with Crippen LogP contribution in [-0.2, 0) is 13.0 Å². The number of rotatable bonds is 6. The van der Waals surface area contributed by atoms with Crippen molar-refractivity contribution in [3.8, 4) is 5.75 Å². The molecule has 6 heteroatoms. The van der Waals surface area contributed by atoms with Gasteiger partial charge in [0.15, 0.2) is 5.96 Å². The first-order valence-corrected chi connectivity index (χ1v) is 8.26. The van der Waals surface area contributed by atoms with Crippen molar-refractivity contribution in [1.82, 2.24) is 10.6 Å². The first-order chi connectivity index (χ1) is 10.7. The number of aryl methyl sites for hydroxylation is 1. The van der Waals surface area contributed by atoms with E-state index in [0.29, 0.717) is 0 Å². The Hall–Kier alpha value is -1.28. The smallest absolute Gasteiger partial charge is 0.191 e. The van der Waals surface area contributed by atoms with Gasteiger partial charge in [0.25, 0.3) is 0 Å². The summed E-state index contributed by atoms with van der Waals surface area (Å²) in [5.41, 5.74) is 3.69. The predicted octanol–water partition coefficient (Wildman–Crippen LogP) is 3.59. The second kappa shape index (κ2) is 10.5. The standard InChI is InChI=1S/C17H23N3OS.HI/c1-13-4-5-14(10-16(13)21-3)6-8-19-17(18-2)20-11-15-7-9-22-12-15;/h4-5,7,9-10,12H,6,8,11H2,1-3H3,(H2,18,19,20);1H. The highest BCUT2D eigenvalue weighted by Gasteiger charge is 2.02. The van der Waals surface area contributed by atoms with Crippen LogP contribution < -0.4 is 15.4 Å². The van der Waals surface area contributed by atoms with Gasteiger partial charge in [-0.05, 0) is 52.9 Å². The lowest BCUT2D eigenvalue weighted by molar-refractivity contribution is 0.411. The van der Waals surface area contributed by atoms with E-state index in [9.17, 15) is 0 Å². The molecule has 0 radical (unpaired) electrons. The molecule has 0 unspecified atom stereocenters. The van der Waals surface area contributed by atoms with Crippen molar-refractivity contribution in [2.75, 3.05) is 20.7 Å². The number of ether oxygens (including phenoxy) is 1. The lowest BCUT2D eigenvalue weighted by Gasteiger charge is -2.12. The molecule has 0 saturated heterocycles. The molecule has 2 rings (SSSR count). The van der Waals surface area contributed by atoms with Crippen molar-refractivity contribution in [3.63, 3.8) is 0 Å². The minimum atomic E-state index is 0. The van der Waals surface area contributed by atoms with Gasteiger partial charge in [-0.2, -0.15) is 11.3 Å². The van der Waals surface area contributed by atoms with E-state index in [2.05, 4.69) is 57.6 Å². The van der Waals surface area contributed by atoms with Gasteiger partial charge in [-0.3, -0.25) is 4.99 Å². The third kappa shape index (κ3) is 6.39. The molecule has 0 aliphatic heterocycles. The van der Waals surface area contributed by atoms with Crippen molar-refractivity contribution >= 4 is 41.3 Å². The van der Waals surface area contributed by atoms with E-state index in [0.717, 1.165) is 36.8 Å². The number of guanidine groups is 1. The Kier molecular flexibility index (Phi) is 9.01. The van der Waals surface area contributed by atoms with Crippen LogP contribution in [0.3, 0.4) is 0 Å². The number of nitrogens with one attached hydrogen (secondary N) is 2. The van der Waals surface area contributed by atoms with Crippen LogP contribution in [-0.4, -0.2) is 26.7 Å². The predicted molar refractivity (Wildman–Crippen MR) is 109 cm³/mol. The molecule has 126 valence electrons. The molecule has 2 N–H and O–H groups in total. The maximum absolute atomic E-state index is 5.36. The van der Waals surface area contributed by atoms with Crippen LogP contribution >= 0.6 is 35.3 Å². The minimum Gasteiger partial charge on any atom is -0.496 e. The number of benzene rings is 1. The number of thiophene rings is 1. The summed E-state index contributed by atoms with van der Waals surface area (Å²) in [6, 6.07) is 8.45. The fourth-order valence-electron chi connectivity index (χ4n) is 2.14. The Morgan fingerprint density at radius 1 is 1.22 bits per heavy atom. The van der Waals surface area contributed by atoms with Crippen LogP contribution in [0.25, 0.3) is 0 Å². The summed E-state index contributed by atoms with van der Waals surface area (Å²) in [6.45, 7) is 3.67. The number of aliphatic imine (C=N–C) groups is 1. The summed E-state index contributed by atoms with van der Waals surface area (Å²) in [7, 11) is 3.50. The van der Waals surface area contributed by atoms with Gasteiger partial charge in [-0.25, -0.2) is 0 Å². The van der Waals surface area contributed by atoms with Gasteiger partial charge < -0.3 is 15.4 Å². The Labute approximate surface area is 159 Å². The quantitative estimate of drug-likeness (QED) is 0.406. The molecule has 0 aliphatic rings. The number of hydrogen-bond donors (Lipinski definition) is 2. The highest BCUT2D eigenvalue weighted by molar-refractivity contribution is 14.0. The van der Waals surface area contributed by atoms with Crippen LogP contribution in [0.4, 0.5) is 0 Å². The summed E-state index contributed by atoms with van der Waals surface area (Å²) in [4.78, 5) is 4.24. The largest absolute Gasteiger partial charge is 0.496 e. The van der Waals surface area contributed by atoms with Crippen LogP contribution in [0, 0.1) is 6.92 Å². The highest BCUT2D eigenvalue weighted by atomic mass is 127. The zero-order valence-corrected chi connectivity index (χ0v) is 16.9. The highest BCUT2D eigenvalue weighted by Crippen LogP contribution is 2.18. The molecule has 0 fully saturated rings. The maximum atomic E-state index is 5.36. The van der Waals surface area contributed by atoms with Crippen LogP contribution in [0.2, 0.25) is 0 Å². The monoisotopic (exact) mass is 445 g/mol. The second-order valence-corrected chi connectivity index (χ2v) is 5.82. The molecule has 0 saturated carbocycles. The molecule has 0 amide bonds. The minimum absolute atomic E-state index is 0. The van der Waals surface area contributed by atoms with Gasteiger partial charge in [0.05, 0.1) is 7.11 Å². The zero-order valence-electron chi connectivity index (χ0n) is 13.8. The van der Waals surface area contributed by atoms with E-state index in [1.807, 2.05) is 0 Å². The average molecular weight is 445 g/mol. The van der Waals surface area contributed by atoms with E-state index < -0.39 is 0 Å². The van der Waals surface area contributed by atoms with Crippen molar-refractivity contribution in [2.24, 2.45) is 4.99 Å². The number of nitrogens with zero attached hydrogens (tertiary/aromatic N) is 1. The molecule has 1 aromatic heterocycles. The van der Waals surface area contributed by atoms with Gasteiger partial charge >= 0.3 is 0 Å². The topological polar surface area (TPSA) is 45.7 Å². The summed E-state index contributed by atoms with van der Waals surface area (Å²) in [5.74, 6) is 1.77. The molecule has 0 aliphatic carbocycles. The molecule has 1 heterocycles. The third-order valence-electron chi connectivity index (χ3n) is 3.44. The van der Waals surface area contributed by atoms with Crippen LogP contribution in [0.15, 0.2) is 40.0 Å². The van der Waals surface area contributed by atoms with Crippen molar-refractivity contribution in [2.45, 2.75) is 19.9 Å². The molecule has 23 heavy (non-hydrogen) atoms. The molecule has 0 bridgehead atoms.